The van der Waals surface area contributed by atoms with Crippen molar-refractivity contribution in [3.05, 3.63) is 18.0 Å². The molecule has 0 fully saturated rings. The zero-order chi connectivity index (χ0) is 12.1. The molecule has 0 saturated heterocycles. The Morgan fingerprint density at radius 3 is 2.88 bits per heavy atom. The molecule has 1 aromatic heterocycles. The second-order valence-electron chi connectivity index (χ2n) is 3.78. The molecule has 0 radical (unpaired) electrons. The van der Waals surface area contributed by atoms with Crippen molar-refractivity contribution in [2.24, 2.45) is 13.0 Å². The molecule has 16 heavy (non-hydrogen) atoms. The number of hydrogen-bond donors (Lipinski definition) is 0. The van der Waals surface area contributed by atoms with Gasteiger partial charge in [-0.15, -0.1) is 0 Å². The fourth-order valence-corrected chi connectivity index (χ4v) is 1.44. The van der Waals surface area contributed by atoms with Crippen molar-refractivity contribution in [2.45, 2.75) is 13.8 Å². The standard InChI is InChI=1S/C11H16N4O/c1-4-15(7-9(2)5-12)11(16)10-6-13-14(3)8-10/h6,8-9H,4,7H2,1-3H3. The van der Waals surface area contributed by atoms with E-state index in [-0.39, 0.29) is 11.8 Å². The molecule has 0 saturated carbocycles. The summed E-state index contributed by atoms with van der Waals surface area (Å²) in [6.45, 7) is 4.76. The van der Waals surface area contributed by atoms with Gasteiger partial charge in [0, 0.05) is 26.3 Å². The molecule has 86 valence electrons. The van der Waals surface area contributed by atoms with Crippen LogP contribution in [0.1, 0.15) is 24.2 Å². The van der Waals surface area contributed by atoms with Crippen molar-refractivity contribution < 1.29 is 4.79 Å². The Kier molecular flexibility index (Phi) is 4.06. The van der Waals surface area contributed by atoms with E-state index in [1.807, 2.05) is 6.92 Å². The zero-order valence-corrected chi connectivity index (χ0v) is 9.84. The lowest BCUT2D eigenvalue weighted by Crippen LogP contribution is -2.34. The second-order valence-corrected chi connectivity index (χ2v) is 3.78. The maximum Gasteiger partial charge on any atom is 0.257 e. The average molecular weight is 220 g/mol. The van der Waals surface area contributed by atoms with Crippen LogP contribution in [0.5, 0.6) is 0 Å². The van der Waals surface area contributed by atoms with Crippen LogP contribution in [-0.2, 0) is 7.05 Å². The molecule has 1 unspecified atom stereocenters. The fraction of sp³-hybridized carbons (Fsp3) is 0.545. The summed E-state index contributed by atoms with van der Waals surface area (Å²) in [5, 5.41) is 12.7. The Morgan fingerprint density at radius 2 is 2.44 bits per heavy atom. The molecule has 0 aliphatic rings. The molecule has 0 aromatic carbocycles. The number of amides is 1. The molecule has 5 nitrogen and oxygen atoms in total. The summed E-state index contributed by atoms with van der Waals surface area (Å²) in [5.74, 6) is -0.224. The normalized spacial score (nSPS) is 11.9. The first-order valence-electron chi connectivity index (χ1n) is 5.26. The zero-order valence-electron chi connectivity index (χ0n) is 9.84. The lowest BCUT2D eigenvalue weighted by molar-refractivity contribution is 0.0752. The van der Waals surface area contributed by atoms with Crippen molar-refractivity contribution in [3.8, 4) is 6.07 Å². The molecule has 1 amide bonds. The molecule has 1 atom stereocenters. The average Bonchev–Trinajstić information content (AvgIpc) is 2.71. The van der Waals surface area contributed by atoms with Gasteiger partial charge in [-0.3, -0.25) is 9.48 Å². The Bertz CT molecular complexity index is 404. The highest BCUT2D eigenvalue weighted by molar-refractivity contribution is 5.93. The van der Waals surface area contributed by atoms with Gasteiger partial charge in [0.1, 0.15) is 0 Å². The summed E-state index contributed by atoms with van der Waals surface area (Å²) in [6, 6.07) is 2.13. The van der Waals surface area contributed by atoms with E-state index in [1.165, 1.54) is 0 Å². The summed E-state index contributed by atoms with van der Waals surface area (Å²) in [7, 11) is 1.77. The minimum absolute atomic E-state index is 0.0716. The number of rotatable bonds is 4. The minimum Gasteiger partial charge on any atom is -0.338 e. The van der Waals surface area contributed by atoms with Crippen molar-refractivity contribution in [1.29, 1.82) is 5.26 Å². The van der Waals surface area contributed by atoms with Crippen molar-refractivity contribution in [2.75, 3.05) is 13.1 Å². The molecule has 1 rings (SSSR count). The van der Waals surface area contributed by atoms with E-state index in [2.05, 4.69) is 11.2 Å². The number of nitriles is 1. The first-order chi connectivity index (χ1) is 7.58. The van der Waals surface area contributed by atoms with Crippen molar-refractivity contribution in [1.82, 2.24) is 14.7 Å². The Morgan fingerprint density at radius 1 is 1.75 bits per heavy atom. The summed E-state index contributed by atoms with van der Waals surface area (Å²) < 4.78 is 1.59. The quantitative estimate of drug-likeness (QED) is 0.761. The minimum atomic E-state index is -0.152. The van der Waals surface area contributed by atoms with Gasteiger partial charge in [0.2, 0.25) is 0 Å². The summed E-state index contributed by atoms with van der Waals surface area (Å²) in [6.07, 6.45) is 3.23. The van der Waals surface area contributed by atoms with Gasteiger partial charge in [-0.1, -0.05) is 0 Å². The summed E-state index contributed by atoms with van der Waals surface area (Å²) in [5.41, 5.74) is 0.564. The van der Waals surface area contributed by atoms with Crippen LogP contribution in [0.15, 0.2) is 12.4 Å². The third-order valence-corrected chi connectivity index (χ3v) is 2.34. The van der Waals surface area contributed by atoms with Gasteiger partial charge in [-0.05, 0) is 13.8 Å². The molecule has 0 aliphatic heterocycles. The van der Waals surface area contributed by atoms with Crippen LogP contribution in [0.2, 0.25) is 0 Å². The highest BCUT2D eigenvalue weighted by atomic mass is 16.2. The van der Waals surface area contributed by atoms with Crippen LogP contribution < -0.4 is 0 Å². The highest BCUT2D eigenvalue weighted by Crippen LogP contribution is 2.06. The molecule has 0 bridgehead atoms. The third kappa shape index (κ3) is 2.83. The Labute approximate surface area is 95.3 Å². The predicted octanol–water partition coefficient (Wildman–Crippen LogP) is 1.04. The van der Waals surface area contributed by atoms with E-state index in [0.29, 0.717) is 18.7 Å². The largest absolute Gasteiger partial charge is 0.338 e. The van der Waals surface area contributed by atoms with Gasteiger partial charge in [0.25, 0.3) is 5.91 Å². The molecule has 0 N–H and O–H groups in total. The van der Waals surface area contributed by atoms with Gasteiger partial charge in [-0.2, -0.15) is 10.4 Å². The van der Waals surface area contributed by atoms with Gasteiger partial charge in [0.15, 0.2) is 0 Å². The lowest BCUT2D eigenvalue weighted by Gasteiger charge is -2.21. The number of aryl methyl sites for hydroxylation is 1. The van der Waals surface area contributed by atoms with E-state index < -0.39 is 0 Å². The molecule has 5 heteroatoms. The summed E-state index contributed by atoms with van der Waals surface area (Å²) >= 11 is 0. The Balaban J connectivity index is 2.74. The van der Waals surface area contributed by atoms with Crippen LogP contribution >= 0.6 is 0 Å². The first kappa shape index (κ1) is 12.2. The maximum atomic E-state index is 12.0. The molecular weight excluding hydrogens is 204 g/mol. The monoisotopic (exact) mass is 220 g/mol. The van der Waals surface area contributed by atoms with E-state index in [9.17, 15) is 4.79 Å². The maximum absolute atomic E-state index is 12.0. The topological polar surface area (TPSA) is 61.9 Å². The van der Waals surface area contributed by atoms with E-state index in [4.69, 9.17) is 5.26 Å². The Hall–Kier alpha value is -1.83. The van der Waals surface area contributed by atoms with Crippen LogP contribution in [0.25, 0.3) is 0 Å². The van der Waals surface area contributed by atoms with Gasteiger partial charge in [0.05, 0.1) is 23.7 Å². The SMILES string of the molecule is CCN(CC(C)C#N)C(=O)c1cnn(C)c1. The first-order valence-corrected chi connectivity index (χ1v) is 5.26. The smallest absolute Gasteiger partial charge is 0.257 e. The molecule has 0 aliphatic carbocycles. The number of nitrogens with zero attached hydrogens (tertiary/aromatic N) is 4. The van der Waals surface area contributed by atoms with Crippen LogP contribution in [-0.4, -0.2) is 33.7 Å². The molecule has 0 spiro atoms. The molecule has 1 aromatic rings. The molecule has 1 heterocycles. The summed E-state index contributed by atoms with van der Waals surface area (Å²) in [4.78, 5) is 13.7. The van der Waals surface area contributed by atoms with Gasteiger partial charge >= 0.3 is 0 Å². The van der Waals surface area contributed by atoms with Crippen LogP contribution in [0.4, 0.5) is 0 Å². The third-order valence-electron chi connectivity index (χ3n) is 2.34. The fourth-order valence-electron chi connectivity index (χ4n) is 1.44. The highest BCUT2D eigenvalue weighted by Gasteiger charge is 2.17. The van der Waals surface area contributed by atoms with Crippen molar-refractivity contribution >= 4 is 5.91 Å². The van der Waals surface area contributed by atoms with Crippen LogP contribution in [0.3, 0.4) is 0 Å². The van der Waals surface area contributed by atoms with E-state index in [0.717, 1.165) is 0 Å². The molecular formula is C11H16N4O. The van der Waals surface area contributed by atoms with Gasteiger partial charge in [-0.25, -0.2) is 0 Å². The lowest BCUT2D eigenvalue weighted by atomic mass is 10.2. The van der Waals surface area contributed by atoms with Gasteiger partial charge < -0.3 is 4.90 Å². The van der Waals surface area contributed by atoms with Crippen molar-refractivity contribution in [3.63, 3.8) is 0 Å². The predicted molar refractivity (Wildman–Crippen MR) is 59.6 cm³/mol. The number of aromatic nitrogens is 2. The number of carbonyl (C=O) groups excluding carboxylic acids is 1. The van der Waals surface area contributed by atoms with Crippen LogP contribution in [0, 0.1) is 17.2 Å². The number of carbonyl (C=O) groups is 1. The number of hydrogen-bond acceptors (Lipinski definition) is 3. The van der Waals surface area contributed by atoms with E-state index in [1.54, 1.807) is 35.9 Å². The van der Waals surface area contributed by atoms with E-state index >= 15 is 0 Å². The second kappa shape index (κ2) is 5.31.